The highest BCUT2D eigenvalue weighted by Gasteiger charge is 2.23. The Morgan fingerprint density at radius 1 is 0.696 bits per heavy atom. The van der Waals surface area contributed by atoms with E-state index in [4.69, 9.17) is 11.5 Å². The SMILES string of the molecule is CCCCCC(N)(CCCCCCN)CCCCCCN(C)C. The highest BCUT2D eigenvalue weighted by Crippen LogP contribution is 2.26. The molecular formula is C20H45N3. The average molecular weight is 328 g/mol. The van der Waals surface area contributed by atoms with Gasteiger partial charge in [-0.05, 0) is 59.3 Å². The summed E-state index contributed by atoms with van der Waals surface area (Å²) in [6.45, 7) is 4.32. The predicted octanol–water partition coefficient (Wildman–Crippen LogP) is 4.69. The Bertz CT molecular complexity index is 243. The molecule has 0 spiro atoms. The summed E-state index contributed by atoms with van der Waals surface area (Å²) in [4.78, 5) is 2.28. The van der Waals surface area contributed by atoms with Crippen LogP contribution in [0.5, 0.6) is 0 Å². The number of nitrogens with zero attached hydrogens (tertiary/aromatic N) is 1. The third-order valence-electron chi connectivity index (χ3n) is 4.94. The van der Waals surface area contributed by atoms with Crippen LogP contribution in [0.4, 0.5) is 0 Å². The van der Waals surface area contributed by atoms with Crippen LogP contribution in [0.3, 0.4) is 0 Å². The summed E-state index contributed by atoms with van der Waals surface area (Å²) >= 11 is 0. The van der Waals surface area contributed by atoms with E-state index in [1.807, 2.05) is 0 Å². The highest BCUT2D eigenvalue weighted by atomic mass is 15.0. The molecule has 4 N–H and O–H groups in total. The molecule has 0 rings (SSSR count). The third-order valence-corrected chi connectivity index (χ3v) is 4.94. The van der Waals surface area contributed by atoms with Crippen molar-refractivity contribution in [1.82, 2.24) is 4.90 Å². The van der Waals surface area contributed by atoms with Crippen LogP contribution < -0.4 is 11.5 Å². The van der Waals surface area contributed by atoms with Crippen LogP contribution in [0.1, 0.15) is 96.8 Å². The van der Waals surface area contributed by atoms with Crippen LogP contribution in [0.15, 0.2) is 0 Å². The van der Waals surface area contributed by atoms with Crippen molar-refractivity contribution in [2.75, 3.05) is 27.2 Å². The fourth-order valence-corrected chi connectivity index (χ4v) is 3.34. The Kier molecular flexibility index (Phi) is 15.3. The Hall–Kier alpha value is -0.120. The summed E-state index contributed by atoms with van der Waals surface area (Å²) in [5.41, 5.74) is 12.5. The largest absolute Gasteiger partial charge is 0.330 e. The fraction of sp³-hybridized carbons (Fsp3) is 1.00. The minimum absolute atomic E-state index is 0.0967. The van der Waals surface area contributed by atoms with Crippen LogP contribution in [0, 0.1) is 0 Å². The Labute approximate surface area is 146 Å². The van der Waals surface area contributed by atoms with Gasteiger partial charge in [-0.1, -0.05) is 64.7 Å². The number of rotatable bonds is 17. The lowest BCUT2D eigenvalue weighted by atomic mass is 9.83. The molecule has 0 aliphatic heterocycles. The lowest BCUT2D eigenvalue weighted by Gasteiger charge is -2.30. The highest BCUT2D eigenvalue weighted by molar-refractivity contribution is 4.84. The number of nitrogens with two attached hydrogens (primary N) is 2. The van der Waals surface area contributed by atoms with Gasteiger partial charge < -0.3 is 16.4 Å². The van der Waals surface area contributed by atoms with Crippen LogP contribution in [0.25, 0.3) is 0 Å². The van der Waals surface area contributed by atoms with Gasteiger partial charge in [-0.25, -0.2) is 0 Å². The number of unbranched alkanes of at least 4 members (excludes halogenated alkanes) is 8. The smallest absolute Gasteiger partial charge is 0.0154 e. The minimum Gasteiger partial charge on any atom is -0.330 e. The van der Waals surface area contributed by atoms with E-state index >= 15 is 0 Å². The summed E-state index contributed by atoms with van der Waals surface area (Å²) in [5.74, 6) is 0. The van der Waals surface area contributed by atoms with Crippen molar-refractivity contribution in [2.24, 2.45) is 11.5 Å². The molecule has 0 heterocycles. The molecule has 0 fully saturated rings. The molecule has 23 heavy (non-hydrogen) atoms. The van der Waals surface area contributed by atoms with E-state index in [-0.39, 0.29) is 5.54 Å². The monoisotopic (exact) mass is 327 g/mol. The van der Waals surface area contributed by atoms with Crippen LogP contribution in [-0.4, -0.2) is 37.6 Å². The van der Waals surface area contributed by atoms with Crippen LogP contribution >= 0.6 is 0 Å². The van der Waals surface area contributed by atoms with Crippen molar-refractivity contribution in [3.05, 3.63) is 0 Å². The molecule has 1 unspecified atom stereocenters. The van der Waals surface area contributed by atoms with Gasteiger partial charge in [-0.2, -0.15) is 0 Å². The van der Waals surface area contributed by atoms with E-state index in [1.165, 1.54) is 96.4 Å². The Balaban J connectivity index is 3.95. The lowest BCUT2D eigenvalue weighted by molar-refractivity contribution is 0.302. The molecule has 3 heteroatoms. The zero-order valence-electron chi connectivity index (χ0n) is 16.4. The second-order valence-corrected chi connectivity index (χ2v) is 7.74. The maximum Gasteiger partial charge on any atom is 0.0154 e. The molecule has 0 aromatic rings. The maximum absolute atomic E-state index is 6.78. The fourth-order valence-electron chi connectivity index (χ4n) is 3.34. The van der Waals surface area contributed by atoms with E-state index < -0.39 is 0 Å². The van der Waals surface area contributed by atoms with Gasteiger partial charge in [0, 0.05) is 5.54 Å². The average Bonchev–Trinajstić information content (AvgIpc) is 2.51. The topological polar surface area (TPSA) is 55.3 Å². The minimum atomic E-state index is 0.0967. The lowest BCUT2D eigenvalue weighted by Crippen LogP contribution is -2.39. The number of hydrogen-bond acceptors (Lipinski definition) is 3. The van der Waals surface area contributed by atoms with Crippen molar-refractivity contribution >= 4 is 0 Å². The van der Waals surface area contributed by atoms with Crippen molar-refractivity contribution < 1.29 is 0 Å². The molecule has 0 aromatic carbocycles. The van der Waals surface area contributed by atoms with Gasteiger partial charge in [0.1, 0.15) is 0 Å². The Morgan fingerprint density at radius 2 is 1.17 bits per heavy atom. The summed E-state index contributed by atoms with van der Waals surface area (Å²) in [6.07, 6.45) is 17.9. The standard InChI is InChI=1S/C20H45N3/c1-4-5-10-15-20(22,16-11-6-8-13-18-21)17-12-7-9-14-19-23(2)3/h4-19,21-22H2,1-3H3. The van der Waals surface area contributed by atoms with Crippen molar-refractivity contribution in [1.29, 1.82) is 0 Å². The van der Waals surface area contributed by atoms with Gasteiger partial charge in [-0.15, -0.1) is 0 Å². The molecule has 0 amide bonds. The quantitative estimate of drug-likeness (QED) is 0.381. The molecule has 0 bridgehead atoms. The van der Waals surface area contributed by atoms with Gasteiger partial charge >= 0.3 is 0 Å². The van der Waals surface area contributed by atoms with E-state index in [0.29, 0.717) is 0 Å². The first-order valence-corrected chi connectivity index (χ1v) is 10.2. The molecule has 0 aromatic heterocycles. The van der Waals surface area contributed by atoms with Crippen LogP contribution in [0.2, 0.25) is 0 Å². The van der Waals surface area contributed by atoms with Crippen molar-refractivity contribution in [2.45, 2.75) is 102 Å². The molecule has 3 nitrogen and oxygen atoms in total. The summed E-state index contributed by atoms with van der Waals surface area (Å²) in [7, 11) is 4.31. The zero-order valence-corrected chi connectivity index (χ0v) is 16.4. The molecule has 0 aliphatic carbocycles. The molecule has 0 saturated carbocycles. The van der Waals surface area contributed by atoms with E-state index in [9.17, 15) is 0 Å². The van der Waals surface area contributed by atoms with E-state index in [0.717, 1.165) is 6.54 Å². The van der Waals surface area contributed by atoms with E-state index in [2.05, 4.69) is 25.9 Å². The predicted molar refractivity (Wildman–Crippen MR) is 105 cm³/mol. The molecule has 0 radical (unpaired) electrons. The van der Waals surface area contributed by atoms with Crippen LogP contribution in [-0.2, 0) is 0 Å². The number of hydrogen-bond donors (Lipinski definition) is 2. The van der Waals surface area contributed by atoms with Gasteiger partial charge in [-0.3, -0.25) is 0 Å². The zero-order chi connectivity index (χ0) is 17.4. The first kappa shape index (κ1) is 22.9. The second-order valence-electron chi connectivity index (χ2n) is 7.74. The summed E-state index contributed by atoms with van der Waals surface area (Å²) in [6, 6.07) is 0. The summed E-state index contributed by atoms with van der Waals surface area (Å²) in [5, 5.41) is 0. The molecule has 1 atom stereocenters. The second kappa shape index (κ2) is 15.4. The molecular weight excluding hydrogens is 282 g/mol. The van der Waals surface area contributed by atoms with Crippen molar-refractivity contribution in [3.8, 4) is 0 Å². The van der Waals surface area contributed by atoms with Gasteiger partial charge in [0.05, 0.1) is 0 Å². The Morgan fingerprint density at radius 3 is 1.65 bits per heavy atom. The van der Waals surface area contributed by atoms with Crippen molar-refractivity contribution in [3.63, 3.8) is 0 Å². The normalized spacial score (nSPS) is 14.3. The van der Waals surface area contributed by atoms with Gasteiger partial charge in [0.2, 0.25) is 0 Å². The molecule has 0 aliphatic rings. The maximum atomic E-state index is 6.78. The molecule has 140 valence electrons. The third kappa shape index (κ3) is 15.2. The molecule has 0 saturated heterocycles. The first-order chi connectivity index (χ1) is 11.0. The summed E-state index contributed by atoms with van der Waals surface area (Å²) < 4.78 is 0. The van der Waals surface area contributed by atoms with E-state index in [1.54, 1.807) is 0 Å². The van der Waals surface area contributed by atoms with Gasteiger partial charge in [0.15, 0.2) is 0 Å². The van der Waals surface area contributed by atoms with Gasteiger partial charge in [0.25, 0.3) is 0 Å². The first-order valence-electron chi connectivity index (χ1n) is 10.2.